The molecule has 0 saturated carbocycles. The highest BCUT2D eigenvalue weighted by molar-refractivity contribution is 5.99. The zero-order chi connectivity index (χ0) is 15.6. The number of nitro benzene ring substituents is 1. The maximum Gasteiger partial charge on any atom is 0.270 e. The highest BCUT2D eigenvalue weighted by Crippen LogP contribution is 2.25. The van der Waals surface area contributed by atoms with Gasteiger partial charge in [0.2, 0.25) is 0 Å². The van der Waals surface area contributed by atoms with Crippen LogP contribution in [0.4, 0.5) is 11.4 Å². The van der Waals surface area contributed by atoms with Gasteiger partial charge in [0, 0.05) is 30.5 Å². The highest BCUT2D eigenvalue weighted by Gasteiger charge is 2.30. The quantitative estimate of drug-likeness (QED) is 0.502. The summed E-state index contributed by atoms with van der Waals surface area (Å²) in [6.07, 6.45) is 1.40. The zero-order valence-electron chi connectivity index (χ0n) is 12.1. The number of ether oxygens (including phenoxy) is 1. The van der Waals surface area contributed by atoms with Crippen molar-refractivity contribution in [2.24, 2.45) is 0 Å². The van der Waals surface area contributed by atoms with Crippen molar-refractivity contribution in [3.8, 4) is 0 Å². The normalized spacial score (nSPS) is 20.8. The second-order valence-corrected chi connectivity index (χ2v) is 5.80. The summed E-state index contributed by atoms with van der Waals surface area (Å²) in [6, 6.07) is 3.83. The summed E-state index contributed by atoms with van der Waals surface area (Å²) in [4.78, 5) is 22.5. The lowest BCUT2D eigenvalue weighted by Crippen LogP contribution is -2.45. The number of hydrogen-bond acceptors (Lipinski definition) is 5. The lowest BCUT2D eigenvalue weighted by atomic mass is 9.93. The number of nitrogens with zero attached hydrogens (tertiary/aromatic N) is 1. The van der Waals surface area contributed by atoms with Crippen LogP contribution in [-0.2, 0) is 4.74 Å². The Hall–Kier alpha value is -2.15. The fourth-order valence-electron chi connectivity index (χ4n) is 2.47. The van der Waals surface area contributed by atoms with Gasteiger partial charge in [0.25, 0.3) is 11.6 Å². The number of nitrogens with one attached hydrogen (secondary N) is 1. The Balaban J connectivity index is 2.13. The Kier molecular flexibility index (Phi) is 4.13. The van der Waals surface area contributed by atoms with Crippen molar-refractivity contribution < 1.29 is 14.5 Å². The number of nitrogen functional groups attached to an aromatic ring is 1. The van der Waals surface area contributed by atoms with Crippen LogP contribution in [-0.4, -0.2) is 29.1 Å². The van der Waals surface area contributed by atoms with Gasteiger partial charge in [-0.05, 0) is 32.8 Å². The largest absolute Gasteiger partial charge is 0.398 e. The molecular formula is C14H19N3O4. The molecule has 3 N–H and O–H groups in total. The molecule has 1 unspecified atom stereocenters. The third-order valence-electron chi connectivity index (χ3n) is 3.52. The Morgan fingerprint density at radius 2 is 2.24 bits per heavy atom. The number of nitrogens with two attached hydrogens (primary N) is 1. The van der Waals surface area contributed by atoms with Gasteiger partial charge in [0.15, 0.2) is 0 Å². The number of anilines is 1. The Morgan fingerprint density at radius 1 is 1.52 bits per heavy atom. The van der Waals surface area contributed by atoms with Crippen molar-refractivity contribution in [3.05, 3.63) is 33.9 Å². The summed E-state index contributed by atoms with van der Waals surface area (Å²) in [5, 5.41) is 13.7. The summed E-state index contributed by atoms with van der Waals surface area (Å²) in [5.41, 5.74) is 5.66. The maximum atomic E-state index is 12.3. The van der Waals surface area contributed by atoms with Crippen LogP contribution in [0.3, 0.4) is 0 Å². The number of carbonyl (C=O) groups is 1. The molecule has 7 nitrogen and oxygen atoms in total. The van der Waals surface area contributed by atoms with Crippen LogP contribution in [0.2, 0.25) is 0 Å². The zero-order valence-corrected chi connectivity index (χ0v) is 12.1. The standard InChI is InChI=1S/C14H19N3O4/c1-14(2)8-9(5-6-21-14)16-13(18)11-7-10(17(19)20)3-4-12(11)15/h3-4,7,9H,5-6,8,15H2,1-2H3,(H,16,18). The molecule has 1 saturated heterocycles. The van der Waals surface area contributed by atoms with Gasteiger partial charge >= 0.3 is 0 Å². The maximum absolute atomic E-state index is 12.3. The summed E-state index contributed by atoms with van der Waals surface area (Å²) in [5.74, 6) is -0.390. The van der Waals surface area contributed by atoms with Crippen LogP contribution < -0.4 is 11.1 Å². The van der Waals surface area contributed by atoms with Gasteiger partial charge in [-0.15, -0.1) is 0 Å². The molecule has 0 aromatic heterocycles. The highest BCUT2D eigenvalue weighted by atomic mass is 16.6. The van der Waals surface area contributed by atoms with Crippen LogP contribution in [0.15, 0.2) is 18.2 Å². The minimum Gasteiger partial charge on any atom is -0.398 e. The number of nitro groups is 1. The van der Waals surface area contributed by atoms with E-state index in [2.05, 4.69) is 5.32 Å². The van der Waals surface area contributed by atoms with Crippen LogP contribution in [0.1, 0.15) is 37.0 Å². The number of carbonyl (C=O) groups excluding carboxylic acids is 1. The van der Waals surface area contributed by atoms with E-state index in [1.807, 2.05) is 13.8 Å². The average Bonchev–Trinajstić information content (AvgIpc) is 2.37. The van der Waals surface area contributed by atoms with Crippen molar-refractivity contribution in [3.63, 3.8) is 0 Å². The molecule has 114 valence electrons. The van der Waals surface area contributed by atoms with Crippen LogP contribution in [0.25, 0.3) is 0 Å². The Bertz CT molecular complexity index is 571. The van der Waals surface area contributed by atoms with E-state index in [0.717, 1.165) is 0 Å². The second kappa shape index (κ2) is 5.69. The van der Waals surface area contributed by atoms with Crippen molar-refractivity contribution >= 4 is 17.3 Å². The number of amides is 1. The lowest BCUT2D eigenvalue weighted by molar-refractivity contribution is -0.384. The molecule has 1 fully saturated rings. The molecule has 0 aliphatic carbocycles. The van der Waals surface area contributed by atoms with E-state index < -0.39 is 4.92 Å². The van der Waals surface area contributed by atoms with E-state index in [9.17, 15) is 14.9 Å². The third kappa shape index (κ3) is 3.69. The molecule has 7 heteroatoms. The van der Waals surface area contributed by atoms with Gasteiger partial charge < -0.3 is 15.8 Å². The fraction of sp³-hybridized carbons (Fsp3) is 0.500. The molecule has 1 heterocycles. The molecule has 0 spiro atoms. The first kappa shape index (κ1) is 15.2. The molecule has 1 atom stereocenters. The predicted octanol–water partition coefficient (Wildman–Crippen LogP) is 1.86. The molecule has 1 amide bonds. The molecule has 21 heavy (non-hydrogen) atoms. The Morgan fingerprint density at radius 3 is 2.86 bits per heavy atom. The molecule has 1 aromatic carbocycles. The SMILES string of the molecule is CC1(C)CC(NC(=O)c2cc([N+](=O)[O-])ccc2N)CCO1. The molecule has 2 rings (SSSR count). The smallest absolute Gasteiger partial charge is 0.270 e. The average molecular weight is 293 g/mol. The molecule has 1 aromatic rings. The first-order chi connectivity index (χ1) is 9.78. The van der Waals surface area contributed by atoms with Crippen LogP contribution in [0.5, 0.6) is 0 Å². The van der Waals surface area contributed by atoms with Crippen molar-refractivity contribution in [2.45, 2.75) is 38.3 Å². The van der Waals surface area contributed by atoms with E-state index in [-0.39, 0.29) is 34.5 Å². The summed E-state index contributed by atoms with van der Waals surface area (Å²) in [6.45, 7) is 4.50. The van der Waals surface area contributed by atoms with Gasteiger partial charge in [-0.2, -0.15) is 0 Å². The van der Waals surface area contributed by atoms with Gasteiger partial charge in [-0.25, -0.2) is 0 Å². The minimum absolute atomic E-state index is 0.0279. The number of non-ortho nitro benzene ring substituents is 1. The lowest BCUT2D eigenvalue weighted by Gasteiger charge is -2.35. The molecule has 0 bridgehead atoms. The first-order valence-corrected chi connectivity index (χ1v) is 6.77. The summed E-state index contributed by atoms with van der Waals surface area (Å²) >= 11 is 0. The van der Waals surface area contributed by atoms with Crippen molar-refractivity contribution in [1.82, 2.24) is 5.32 Å². The van der Waals surface area contributed by atoms with Crippen LogP contribution >= 0.6 is 0 Å². The minimum atomic E-state index is -0.548. The van der Waals surface area contributed by atoms with Crippen molar-refractivity contribution in [1.29, 1.82) is 0 Å². The summed E-state index contributed by atoms with van der Waals surface area (Å²) in [7, 11) is 0. The molecule has 1 aliphatic heterocycles. The number of hydrogen-bond donors (Lipinski definition) is 2. The molecule has 0 radical (unpaired) electrons. The Labute approximate surface area is 122 Å². The van der Waals surface area contributed by atoms with E-state index in [0.29, 0.717) is 19.4 Å². The van der Waals surface area contributed by atoms with Gasteiger partial charge in [-0.1, -0.05) is 0 Å². The predicted molar refractivity (Wildman–Crippen MR) is 78.0 cm³/mol. The van der Waals surface area contributed by atoms with Gasteiger partial charge in [-0.3, -0.25) is 14.9 Å². The third-order valence-corrected chi connectivity index (χ3v) is 3.52. The fourth-order valence-corrected chi connectivity index (χ4v) is 2.47. The van der Waals surface area contributed by atoms with E-state index in [1.54, 1.807) is 0 Å². The number of benzene rings is 1. The summed E-state index contributed by atoms with van der Waals surface area (Å²) < 4.78 is 5.59. The van der Waals surface area contributed by atoms with Crippen LogP contribution in [0, 0.1) is 10.1 Å². The second-order valence-electron chi connectivity index (χ2n) is 5.80. The van der Waals surface area contributed by atoms with E-state index >= 15 is 0 Å². The molecular weight excluding hydrogens is 274 g/mol. The monoisotopic (exact) mass is 293 g/mol. The van der Waals surface area contributed by atoms with Gasteiger partial charge in [0.1, 0.15) is 0 Å². The van der Waals surface area contributed by atoms with E-state index in [1.165, 1.54) is 18.2 Å². The molecule has 1 aliphatic rings. The van der Waals surface area contributed by atoms with Crippen molar-refractivity contribution in [2.75, 3.05) is 12.3 Å². The topological polar surface area (TPSA) is 107 Å². The first-order valence-electron chi connectivity index (χ1n) is 6.77. The van der Waals surface area contributed by atoms with Gasteiger partial charge in [0.05, 0.1) is 16.1 Å². The van der Waals surface area contributed by atoms with E-state index in [4.69, 9.17) is 10.5 Å². The number of rotatable bonds is 3.